The Labute approximate surface area is 113 Å². The first-order valence-corrected chi connectivity index (χ1v) is 7.30. The highest BCUT2D eigenvalue weighted by Crippen LogP contribution is 2.32. The van der Waals surface area contributed by atoms with Gasteiger partial charge in [-0.2, -0.15) is 0 Å². The number of hydrogen-bond acceptors (Lipinski definition) is 0. The molecule has 1 nitrogen and oxygen atoms in total. The van der Waals surface area contributed by atoms with E-state index in [-0.39, 0.29) is 5.54 Å². The maximum absolute atomic E-state index is 2.57. The van der Waals surface area contributed by atoms with Crippen LogP contribution in [0.3, 0.4) is 0 Å². The molecule has 0 fully saturated rings. The number of rotatable bonds is 3. The van der Waals surface area contributed by atoms with Gasteiger partial charge in [0.25, 0.3) is 0 Å². The molecule has 0 N–H and O–H groups in total. The van der Waals surface area contributed by atoms with Crippen LogP contribution in [0.2, 0.25) is 0 Å². The van der Waals surface area contributed by atoms with Crippen LogP contribution in [0.4, 0.5) is 0 Å². The second-order valence-electron chi connectivity index (χ2n) is 6.34. The highest BCUT2D eigenvalue weighted by Gasteiger charge is 2.38. The molecule has 0 spiro atoms. The molecule has 0 amide bonds. The summed E-state index contributed by atoms with van der Waals surface area (Å²) in [6.07, 6.45) is 3.59. The molecule has 0 radical (unpaired) electrons. The molecular weight excluding hydrogens is 218 g/mol. The summed E-state index contributed by atoms with van der Waals surface area (Å²) in [6, 6.07) is 0. The number of hydrogen-bond donors (Lipinski definition) is 0. The van der Waals surface area contributed by atoms with Gasteiger partial charge in [0.2, 0.25) is 0 Å². The molecule has 1 aliphatic rings. The van der Waals surface area contributed by atoms with Crippen molar-refractivity contribution in [3.8, 4) is 0 Å². The fourth-order valence-electron chi connectivity index (χ4n) is 3.22. The lowest BCUT2D eigenvalue weighted by Crippen LogP contribution is -2.44. The molecule has 0 aromatic heterocycles. The molecule has 0 bridgehead atoms. The van der Waals surface area contributed by atoms with Crippen molar-refractivity contribution in [3.63, 3.8) is 0 Å². The minimum atomic E-state index is 0.138. The van der Waals surface area contributed by atoms with Crippen LogP contribution in [0.15, 0.2) is 22.8 Å². The van der Waals surface area contributed by atoms with E-state index in [0.29, 0.717) is 5.92 Å². The third-order valence-corrected chi connectivity index (χ3v) is 3.84. The quantitative estimate of drug-likeness (QED) is 0.643. The van der Waals surface area contributed by atoms with Gasteiger partial charge in [-0.15, -0.1) is 0 Å². The zero-order chi connectivity index (χ0) is 14.1. The molecule has 0 unspecified atom stereocenters. The Bertz CT molecular complexity index is 413. The van der Waals surface area contributed by atoms with E-state index < -0.39 is 0 Å². The average molecular weight is 248 g/mol. The van der Waals surface area contributed by atoms with Crippen molar-refractivity contribution in [1.82, 2.24) is 0 Å². The van der Waals surface area contributed by atoms with Crippen LogP contribution < -0.4 is 0 Å². The van der Waals surface area contributed by atoms with E-state index in [1.165, 1.54) is 22.4 Å². The standard InChI is InChI=1S/C17H30N/c1-9-14-11-17(7,8)18(10-2)16(13(5)6)15(14)12(3)4/h11,13H,9-10H2,1-8H3/q+1. The fourth-order valence-corrected chi connectivity index (χ4v) is 3.22. The van der Waals surface area contributed by atoms with Gasteiger partial charge in [-0.05, 0) is 38.8 Å². The van der Waals surface area contributed by atoms with E-state index in [1.807, 2.05) is 0 Å². The van der Waals surface area contributed by atoms with Gasteiger partial charge in [-0.25, -0.2) is 4.58 Å². The molecule has 1 heteroatoms. The van der Waals surface area contributed by atoms with Crippen LogP contribution in [-0.2, 0) is 0 Å². The van der Waals surface area contributed by atoms with E-state index >= 15 is 0 Å². The summed E-state index contributed by atoms with van der Waals surface area (Å²) in [5.41, 5.74) is 6.14. The predicted molar refractivity (Wildman–Crippen MR) is 81.5 cm³/mol. The van der Waals surface area contributed by atoms with Crippen molar-refractivity contribution >= 4 is 5.71 Å². The highest BCUT2D eigenvalue weighted by molar-refractivity contribution is 6.03. The number of likely N-dealkylation sites (N-methyl/N-ethyl adjacent to an activating group) is 1. The van der Waals surface area contributed by atoms with Gasteiger partial charge in [-0.3, -0.25) is 0 Å². The van der Waals surface area contributed by atoms with Crippen molar-refractivity contribution in [1.29, 1.82) is 0 Å². The second kappa shape index (κ2) is 5.42. The second-order valence-corrected chi connectivity index (χ2v) is 6.34. The third kappa shape index (κ3) is 2.60. The summed E-state index contributed by atoms with van der Waals surface area (Å²) in [7, 11) is 0. The first kappa shape index (κ1) is 15.2. The van der Waals surface area contributed by atoms with Crippen LogP contribution in [0.5, 0.6) is 0 Å². The molecule has 0 aliphatic carbocycles. The monoisotopic (exact) mass is 248 g/mol. The van der Waals surface area contributed by atoms with Gasteiger partial charge in [0.1, 0.15) is 6.54 Å². The normalized spacial score (nSPS) is 19.4. The lowest BCUT2D eigenvalue weighted by molar-refractivity contribution is -0.587. The minimum absolute atomic E-state index is 0.138. The van der Waals surface area contributed by atoms with Gasteiger partial charge in [0.15, 0.2) is 11.3 Å². The molecule has 0 saturated heterocycles. The molecule has 0 aromatic rings. The van der Waals surface area contributed by atoms with Gasteiger partial charge in [0.05, 0.1) is 0 Å². The zero-order valence-electron chi connectivity index (χ0n) is 13.5. The molecule has 0 saturated carbocycles. The Morgan fingerprint density at radius 2 is 1.78 bits per heavy atom. The summed E-state index contributed by atoms with van der Waals surface area (Å²) in [4.78, 5) is 0. The van der Waals surface area contributed by atoms with E-state index in [2.05, 4.69) is 66.0 Å². The van der Waals surface area contributed by atoms with Gasteiger partial charge < -0.3 is 0 Å². The van der Waals surface area contributed by atoms with Crippen LogP contribution >= 0.6 is 0 Å². The van der Waals surface area contributed by atoms with Gasteiger partial charge in [0, 0.05) is 25.3 Å². The first-order valence-electron chi connectivity index (χ1n) is 7.30. The van der Waals surface area contributed by atoms with Crippen molar-refractivity contribution in [2.75, 3.05) is 6.54 Å². The molecule has 18 heavy (non-hydrogen) atoms. The van der Waals surface area contributed by atoms with E-state index in [4.69, 9.17) is 0 Å². The van der Waals surface area contributed by atoms with E-state index in [9.17, 15) is 0 Å². The number of nitrogens with zero attached hydrogens (tertiary/aromatic N) is 1. The van der Waals surface area contributed by atoms with Crippen LogP contribution in [0.1, 0.15) is 61.8 Å². The molecule has 0 aromatic carbocycles. The summed E-state index contributed by atoms with van der Waals surface area (Å²) >= 11 is 0. The lowest BCUT2D eigenvalue weighted by Gasteiger charge is -2.31. The van der Waals surface area contributed by atoms with Crippen molar-refractivity contribution < 1.29 is 4.58 Å². The maximum Gasteiger partial charge on any atom is 0.186 e. The molecular formula is C17H30N+. The SMILES string of the molecule is CCC1=CC(C)(C)[N+](CC)=C(C(C)C)C1=C(C)C. The first-order chi connectivity index (χ1) is 8.26. The maximum atomic E-state index is 2.57. The van der Waals surface area contributed by atoms with Crippen molar-refractivity contribution in [2.45, 2.75) is 67.3 Å². The van der Waals surface area contributed by atoms with E-state index in [0.717, 1.165) is 13.0 Å². The smallest absolute Gasteiger partial charge is 0.186 e. The van der Waals surface area contributed by atoms with Gasteiger partial charge >= 0.3 is 0 Å². The topological polar surface area (TPSA) is 3.01 Å². The predicted octanol–water partition coefficient (Wildman–Crippen LogP) is 4.58. The van der Waals surface area contributed by atoms with Gasteiger partial charge in [-0.1, -0.05) is 26.3 Å². The zero-order valence-corrected chi connectivity index (χ0v) is 13.5. The third-order valence-electron chi connectivity index (χ3n) is 3.84. The Morgan fingerprint density at radius 1 is 1.22 bits per heavy atom. The van der Waals surface area contributed by atoms with Crippen molar-refractivity contribution in [3.05, 3.63) is 22.8 Å². The van der Waals surface area contributed by atoms with E-state index in [1.54, 1.807) is 0 Å². The van der Waals surface area contributed by atoms with Crippen LogP contribution in [0, 0.1) is 5.92 Å². The summed E-state index contributed by atoms with van der Waals surface area (Å²) < 4.78 is 2.57. The molecule has 102 valence electrons. The summed E-state index contributed by atoms with van der Waals surface area (Å²) in [6.45, 7) is 19.4. The van der Waals surface area contributed by atoms with Crippen molar-refractivity contribution in [2.24, 2.45) is 5.92 Å². The summed E-state index contributed by atoms with van der Waals surface area (Å²) in [5.74, 6) is 0.573. The molecule has 1 aliphatic heterocycles. The largest absolute Gasteiger partial charge is 0.225 e. The Hall–Kier alpha value is -0.850. The Balaban J connectivity index is 3.59. The lowest BCUT2D eigenvalue weighted by atomic mass is 9.81. The molecule has 1 heterocycles. The molecule has 1 rings (SSSR count). The van der Waals surface area contributed by atoms with Crippen LogP contribution in [0.25, 0.3) is 0 Å². The summed E-state index contributed by atoms with van der Waals surface area (Å²) in [5, 5.41) is 0. The molecule has 0 atom stereocenters. The number of allylic oxidation sites excluding steroid dienone is 3. The Morgan fingerprint density at radius 3 is 2.11 bits per heavy atom. The minimum Gasteiger partial charge on any atom is -0.225 e. The van der Waals surface area contributed by atoms with Crippen LogP contribution in [-0.4, -0.2) is 22.4 Å². The average Bonchev–Trinajstić information content (AvgIpc) is 2.25. The highest BCUT2D eigenvalue weighted by atomic mass is 15.1. The Kier molecular flexibility index (Phi) is 4.58. The fraction of sp³-hybridized carbons (Fsp3) is 0.706.